The molecule has 7 nitrogen and oxygen atoms in total. The second kappa shape index (κ2) is 6.52. The van der Waals surface area contributed by atoms with Crippen molar-refractivity contribution in [2.45, 2.75) is 6.42 Å². The van der Waals surface area contributed by atoms with Gasteiger partial charge < -0.3 is 4.90 Å². The molecular formula is C14H11ClN2O5S2. The summed E-state index contributed by atoms with van der Waals surface area (Å²) in [5.74, 6) is -0.186. The van der Waals surface area contributed by atoms with Crippen LogP contribution >= 0.6 is 22.9 Å². The number of halogens is 1. The van der Waals surface area contributed by atoms with E-state index in [1.165, 1.54) is 11.3 Å². The van der Waals surface area contributed by atoms with E-state index in [4.69, 9.17) is 16.2 Å². The molecule has 2 heterocycles. The quantitative estimate of drug-likeness (QED) is 0.646. The molecule has 1 aromatic heterocycles. The molecule has 0 fully saturated rings. The Kier molecular flexibility index (Phi) is 4.59. The molecule has 0 saturated heterocycles. The lowest BCUT2D eigenvalue weighted by atomic mass is 9.99. The number of fused-ring (bicyclic) bond motifs is 1. The fraction of sp³-hybridized carbons (Fsp3) is 0.143. The number of nitrogens with zero attached hydrogens (tertiary/aromatic N) is 2. The average Bonchev–Trinajstić information content (AvgIpc) is 3.05. The van der Waals surface area contributed by atoms with Gasteiger partial charge in [0.05, 0.1) is 17.0 Å². The third-order valence-corrected chi connectivity index (χ3v) is 4.57. The normalized spacial score (nSPS) is 16.1. The van der Waals surface area contributed by atoms with Crippen molar-refractivity contribution in [3.05, 3.63) is 51.2 Å². The van der Waals surface area contributed by atoms with Gasteiger partial charge >= 0.3 is 10.4 Å². The summed E-state index contributed by atoms with van der Waals surface area (Å²) in [6.07, 6.45) is 0.264. The molecule has 0 unspecified atom stereocenters. The predicted molar refractivity (Wildman–Crippen MR) is 91.2 cm³/mol. The standard InChI is InChI=1S/C14H11ClN2O5S2/c15-10-1-2-11-12(16-22-24(19,20)21)3-5-17(13(11)7-10)14(18)9-4-6-23-8-9/h1-2,4,6-8H,3,5H2,(H,19,20,21)/b16-12+. The van der Waals surface area contributed by atoms with Gasteiger partial charge in [-0.25, -0.2) is 4.28 Å². The Labute approximate surface area is 147 Å². The van der Waals surface area contributed by atoms with Crippen LogP contribution in [0.2, 0.25) is 5.02 Å². The molecule has 1 aliphatic heterocycles. The average molecular weight is 387 g/mol. The highest BCUT2D eigenvalue weighted by molar-refractivity contribution is 7.80. The third-order valence-electron chi connectivity index (χ3n) is 3.39. The van der Waals surface area contributed by atoms with Gasteiger partial charge in [0.1, 0.15) is 0 Å². The molecule has 24 heavy (non-hydrogen) atoms. The summed E-state index contributed by atoms with van der Waals surface area (Å²) < 4.78 is 34.2. The molecule has 0 bridgehead atoms. The molecule has 1 amide bonds. The van der Waals surface area contributed by atoms with Crippen molar-refractivity contribution >= 4 is 50.6 Å². The number of carbonyl (C=O) groups excluding carboxylic acids is 1. The maximum absolute atomic E-state index is 12.6. The zero-order chi connectivity index (χ0) is 17.3. The van der Waals surface area contributed by atoms with Crippen LogP contribution in [0.15, 0.2) is 40.2 Å². The molecular weight excluding hydrogens is 376 g/mol. The smallest absolute Gasteiger partial charge is 0.307 e. The molecule has 3 rings (SSSR count). The van der Waals surface area contributed by atoms with Gasteiger partial charge in [0.15, 0.2) is 0 Å². The van der Waals surface area contributed by atoms with Gasteiger partial charge in [-0.1, -0.05) is 16.8 Å². The van der Waals surface area contributed by atoms with Gasteiger partial charge in [-0.3, -0.25) is 9.35 Å². The van der Waals surface area contributed by atoms with E-state index in [-0.39, 0.29) is 18.9 Å². The molecule has 0 spiro atoms. The highest BCUT2D eigenvalue weighted by atomic mass is 35.5. The highest BCUT2D eigenvalue weighted by Gasteiger charge is 2.28. The summed E-state index contributed by atoms with van der Waals surface area (Å²) in [7, 11) is -4.69. The summed E-state index contributed by atoms with van der Waals surface area (Å²) >= 11 is 7.44. The number of thiophene rings is 1. The first-order chi connectivity index (χ1) is 11.3. The summed E-state index contributed by atoms with van der Waals surface area (Å²) in [4.78, 5) is 14.2. The molecule has 0 aliphatic carbocycles. The van der Waals surface area contributed by atoms with E-state index in [9.17, 15) is 13.2 Å². The Morgan fingerprint density at radius 3 is 2.83 bits per heavy atom. The minimum absolute atomic E-state index is 0.186. The number of anilines is 1. The molecule has 0 atom stereocenters. The molecule has 1 aliphatic rings. The van der Waals surface area contributed by atoms with Gasteiger partial charge in [-0.05, 0) is 29.6 Å². The Bertz CT molecular complexity index is 909. The topological polar surface area (TPSA) is 96.3 Å². The zero-order valence-electron chi connectivity index (χ0n) is 12.0. The fourth-order valence-electron chi connectivity index (χ4n) is 2.38. The van der Waals surface area contributed by atoms with Gasteiger partial charge in [-0.15, -0.1) is 0 Å². The highest BCUT2D eigenvalue weighted by Crippen LogP contribution is 2.32. The molecule has 10 heteroatoms. The molecule has 0 radical (unpaired) electrons. The van der Waals surface area contributed by atoms with E-state index in [2.05, 4.69) is 9.44 Å². The van der Waals surface area contributed by atoms with Crippen LogP contribution in [0.25, 0.3) is 0 Å². The van der Waals surface area contributed by atoms with Gasteiger partial charge in [0.2, 0.25) is 0 Å². The van der Waals surface area contributed by atoms with E-state index in [0.29, 0.717) is 27.5 Å². The Morgan fingerprint density at radius 2 is 2.17 bits per heavy atom. The van der Waals surface area contributed by atoms with Crippen LogP contribution in [0, 0.1) is 0 Å². The number of rotatable bonds is 3. The lowest BCUT2D eigenvalue weighted by molar-refractivity contribution is 0.0987. The van der Waals surface area contributed by atoms with E-state index >= 15 is 0 Å². The van der Waals surface area contributed by atoms with Gasteiger partial charge in [0, 0.05) is 28.9 Å². The van der Waals surface area contributed by atoms with Crippen LogP contribution in [-0.2, 0) is 14.7 Å². The molecule has 1 aromatic carbocycles. The molecule has 1 N–H and O–H groups in total. The van der Waals surface area contributed by atoms with Crippen LogP contribution < -0.4 is 4.90 Å². The van der Waals surface area contributed by atoms with Crippen LogP contribution in [0.1, 0.15) is 22.3 Å². The predicted octanol–water partition coefficient (Wildman–Crippen LogP) is 2.98. The zero-order valence-corrected chi connectivity index (χ0v) is 14.4. The van der Waals surface area contributed by atoms with Gasteiger partial charge in [-0.2, -0.15) is 19.8 Å². The minimum Gasteiger partial charge on any atom is -0.307 e. The van der Waals surface area contributed by atoms with Crippen LogP contribution in [0.3, 0.4) is 0 Å². The van der Waals surface area contributed by atoms with Crippen LogP contribution in [-0.4, -0.2) is 31.1 Å². The SMILES string of the molecule is O=C(c1ccsc1)N1CC/C(=N\OS(=O)(=O)O)c2ccc(Cl)cc21. The lowest BCUT2D eigenvalue weighted by Crippen LogP contribution is -2.37. The second-order valence-electron chi connectivity index (χ2n) is 4.92. The molecule has 2 aromatic rings. The first-order valence-corrected chi connectivity index (χ1v) is 9.40. The van der Waals surface area contributed by atoms with Gasteiger partial charge in [0.25, 0.3) is 5.91 Å². The number of benzene rings is 1. The van der Waals surface area contributed by atoms with Crippen molar-refractivity contribution in [1.82, 2.24) is 0 Å². The summed E-state index contributed by atoms with van der Waals surface area (Å²) in [6, 6.07) is 6.55. The fourth-order valence-corrected chi connectivity index (χ4v) is 3.37. The number of hydrogen-bond acceptors (Lipinski definition) is 6. The summed E-state index contributed by atoms with van der Waals surface area (Å²) in [5, 5.41) is 7.46. The maximum atomic E-state index is 12.6. The molecule has 0 saturated carbocycles. The molecule has 126 valence electrons. The first kappa shape index (κ1) is 16.9. The van der Waals surface area contributed by atoms with E-state index in [1.807, 2.05) is 5.38 Å². The van der Waals surface area contributed by atoms with E-state index in [1.54, 1.807) is 34.5 Å². The Hall–Kier alpha value is -1.94. The Morgan fingerprint density at radius 1 is 1.38 bits per heavy atom. The maximum Gasteiger partial charge on any atom is 0.466 e. The number of amides is 1. The first-order valence-electron chi connectivity index (χ1n) is 6.72. The summed E-state index contributed by atoms with van der Waals surface area (Å²) in [6.45, 7) is 0.274. The van der Waals surface area contributed by atoms with Crippen molar-refractivity contribution in [2.24, 2.45) is 5.16 Å². The van der Waals surface area contributed by atoms with E-state index in [0.717, 1.165) is 0 Å². The van der Waals surface area contributed by atoms with Crippen molar-refractivity contribution < 1.29 is 22.0 Å². The number of carbonyl (C=O) groups is 1. The monoisotopic (exact) mass is 386 g/mol. The summed E-state index contributed by atoms with van der Waals surface area (Å²) in [5.41, 5.74) is 1.87. The number of hydrogen-bond donors (Lipinski definition) is 1. The second-order valence-corrected chi connectivity index (χ2v) is 7.14. The van der Waals surface area contributed by atoms with E-state index < -0.39 is 10.4 Å². The third kappa shape index (κ3) is 3.59. The van der Waals surface area contributed by atoms with Crippen molar-refractivity contribution in [2.75, 3.05) is 11.4 Å². The largest absolute Gasteiger partial charge is 0.466 e. The van der Waals surface area contributed by atoms with Crippen LogP contribution in [0.4, 0.5) is 5.69 Å². The van der Waals surface area contributed by atoms with Crippen molar-refractivity contribution in [1.29, 1.82) is 0 Å². The number of oxime groups is 1. The van der Waals surface area contributed by atoms with Crippen LogP contribution in [0.5, 0.6) is 0 Å². The Balaban J connectivity index is 2.01. The minimum atomic E-state index is -4.69. The van der Waals surface area contributed by atoms with Crippen molar-refractivity contribution in [3.8, 4) is 0 Å². The van der Waals surface area contributed by atoms with Crippen molar-refractivity contribution in [3.63, 3.8) is 0 Å². The lowest BCUT2D eigenvalue weighted by Gasteiger charge is -2.30.